The van der Waals surface area contributed by atoms with E-state index in [0.29, 0.717) is 0 Å². The van der Waals surface area contributed by atoms with Crippen LogP contribution in [0.15, 0.2) is 17.1 Å². The summed E-state index contributed by atoms with van der Waals surface area (Å²) in [6.45, 7) is 0.921. The molecule has 0 amide bonds. The lowest BCUT2D eigenvalue weighted by Crippen LogP contribution is -2.35. The van der Waals surface area contributed by atoms with E-state index < -0.39 is 0 Å². The number of rotatable bonds is 3. The van der Waals surface area contributed by atoms with Crippen LogP contribution in [-0.4, -0.2) is 26.6 Å². The third-order valence-electron chi connectivity index (χ3n) is 1.75. The van der Waals surface area contributed by atoms with E-state index >= 15 is 0 Å². The number of aliphatic imine (C=N–C) groups is 1. The van der Waals surface area contributed by atoms with Crippen LogP contribution in [0.25, 0.3) is 0 Å². The van der Waals surface area contributed by atoms with Crippen molar-refractivity contribution in [3.8, 4) is 0 Å². The lowest BCUT2D eigenvalue weighted by molar-refractivity contribution is 0.842. The zero-order valence-electron chi connectivity index (χ0n) is 8.30. The topological polar surface area (TPSA) is 36.4 Å². The fourth-order valence-corrected chi connectivity index (χ4v) is 2.82. The molecule has 0 bridgehead atoms. The Balaban J connectivity index is 2.28. The highest BCUT2D eigenvalue weighted by Crippen LogP contribution is 2.18. The molecule has 1 rings (SSSR count). The van der Waals surface area contributed by atoms with Gasteiger partial charge in [0, 0.05) is 25.5 Å². The average molecular weight is 323 g/mol. The van der Waals surface area contributed by atoms with Crippen LogP contribution < -0.4 is 10.6 Å². The zero-order chi connectivity index (χ0) is 10.4. The first-order chi connectivity index (χ1) is 6.76. The van der Waals surface area contributed by atoms with Gasteiger partial charge in [-0.05, 0) is 41.1 Å². The van der Waals surface area contributed by atoms with Crippen molar-refractivity contribution in [2.75, 3.05) is 20.6 Å². The minimum atomic E-state index is 0.844. The van der Waals surface area contributed by atoms with Crippen molar-refractivity contribution >= 4 is 39.9 Å². The minimum Gasteiger partial charge on any atom is -0.359 e. The average Bonchev–Trinajstić information content (AvgIpc) is 2.59. The summed E-state index contributed by atoms with van der Waals surface area (Å²) in [5.41, 5.74) is 0. The standard InChI is InChI=1S/C9H14IN3S/c1-11-9(12-2)13-6-5-7-3-4-8(10)14-7/h3-4H,5-6H2,1-2H3,(H2,11,12,13). The van der Waals surface area contributed by atoms with Gasteiger partial charge in [-0.15, -0.1) is 11.3 Å². The van der Waals surface area contributed by atoms with E-state index in [0.717, 1.165) is 18.9 Å². The molecule has 0 fully saturated rings. The molecule has 0 aromatic carbocycles. The fourth-order valence-electron chi connectivity index (χ4n) is 1.07. The highest BCUT2D eigenvalue weighted by atomic mass is 127. The Morgan fingerprint density at radius 3 is 2.86 bits per heavy atom. The molecular formula is C9H14IN3S. The summed E-state index contributed by atoms with van der Waals surface area (Å²) in [4.78, 5) is 5.45. The van der Waals surface area contributed by atoms with Crippen LogP contribution in [0.2, 0.25) is 0 Å². The second-order valence-corrected chi connectivity index (χ2v) is 5.77. The molecule has 0 radical (unpaired) electrons. The molecule has 1 heterocycles. The Labute approximate surface area is 102 Å². The number of halogens is 1. The monoisotopic (exact) mass is 323 g/mol. The molecule has 0 aliphatic carbocycles. The SMILES string of the molecule is CN=C(NC)NCCc1ccc(I)s1. The summed E-state index contributed by atoms with van der Waals surface area (Å²) in [6, 6.07) is 4.32. The van der Waals surface area contributed by atoms with Crippen molar-refractivity contribution in [2.24, 2.45) is 4.99 Å². The predicted molar refractivity (Wildman–Crippen MR) is 71.2 cm³/mol. The van der Waals surface area contributed by atoms with E-state index in [4.69, 9.17) is 0 Å². The molecule has 78 valence electrons. The Hall–Kier alpha value is -0.300. The summed E-state index contributed by atoms with van der Waals surface area (Å²) in [6.07, 6.45) is 1.05. The second kappa shape index (κ2) is 6.23. The maximum absolute atomic E-state index is 4.04. The lowest BCUT2D eigenvalue weighted by Gasteiger charge is -2.06. The van der Waals surface area contributed by atoms with Gasteiger partial charge in [0.15, 0.2) is 5.96 Å². The van der Waals surface area contributed by atoms with Crippen molar-refractivity contribution in [1.82, 2.24) is 10.6 Å². The largest absolute Gasteiger partial charge is 0.359 e. The number of hydrogen-bond acceptors (Lipinski definition) is 2. The Morgan fingerprint density at radius 1 is 1.57 bits per heavy atom. The number of guanidine groups is 1. The third kappa shape index (κ3) is 3.83. The fraction of sp³-hybridized carbons (Fsp3) is 0.444. The number of hydrogen-bond donors (Lipinski definition) is 2. The molecule has 0 spiro atoms. The normalized spacial score (nSPS) is 11.5. The van der Waals surface area contributed by atoms with Crippen LogP contribution in [0.5, 0.6) is 0 Å². The lowest BCUT2D eigenvalue weighted by atomic mass is 10.3. The second-order valence-electron chi connectivity index (χ2n) is 2.70. The maximum atomic E-state index is 4.04. The van der Waals surface area contributed by atoms with Gasteiger partial charge in [-0.1, -0.05) is 0 Å². The molecule has 0 aliphatic heterocycles. The Morgan fingerprint density at radius 2 is 2.36 bits per heavy atom. The number of nitrogens with zero attached hydrogens (tertiary/aromatic N) is 1. The Kier molecular flexibility index (Phi) is 5.24. The van der Waals surface area contributed by atoms with Gasteiger partial charge in [0.25, 0.3) is 0 Å². The van der Waals surface area contributed by atoms with Crippen LogP contribution >= 0.6 is 33.9 Å². The van der Waals surface area contributed by atoms with Crippen molar-refractivity contribution in [3.63, 3.8) is 0 Å². The molecule has 0 unspecified atom stereocenters. The summed E-state index contributed by atoms with van der Waals surface area (Å²) in [7, 11) is 3.64. The molecule has 1 aromatic heterocycles. The predicted octanol–water partition coefficient (Wildman–Crippen LogP) is 1.69. The van der Waals surface area contributed by atoms with Gasteiger partial charge < -0.3 is 10.6 Å². The molecule has 1 aromatic rings. The maximum Gasteiger partial charge on any atom is 0.190 e. The quantitative estimate of drug-likeness (QED) is 0.505. The van der Waals surface area contributed by atoms with Gasteiger partial charge >= 0.3 is 0 Å². The van der Waals surface area contributed by atoms with E-state index in [1.807, 2.05) is 18.4 Å². The molecule has 3 nitrogen and oxygen atoms in total. The van der Waals surface area contributed by atoms with Gasteiger partial charge in [0.1, 0.15) is 0 Å². The number of thiophene rings is 1. The van der Waals surface area contributed by atoms with Crippen molar-refractivity contribution < 1.29 is 0 Å². The van der Waals surface area contributed by atoms with E-state index in [-0.39, 0.29) is 0 Å². The van der Waals surface area contributed by atoms with E-state index in [1.54, 1.807) is 7.05 Å². The highest BCUT2D eigenvalue weighted by molar-refractivity contribution is 14.1. The van der Waals surface area contributed by atoms with Gasteiger partial charge in [0.05, 0.1) is 2.88 Å². The molecule has 0 atom stereocenters. The van der Waals surface area contributed by atoms with Gasteiger partial charge in [-0.2, -0.15) is 0 Å². The first kappa shape index (κ1) is 11.8. The van der Waals surface area contributed by atoms with Gasteiger partial charge in [-0.3, -0.25) is 4.99 Å². The summed E-state index contributed by atoms with van der Waals surface area (Å²) in [5, 5.41) is 6.20. The molecular weight excluding hydrogens is 309 g/mol. The number of nitrogens with one attached hydrogen (secondary N) is 2. The molecule has 2 N–H and O–H groups in total. The van der Waals surface area contributed by atoms with Gasteiger partial charge in [0.2, 0.25) is 0 Å². The minimum absolute atomic E-state index is 0.844. The van der Waals surface area contributed by atoms with Crippen molar-refractivity contribution in [1.29, 1.82) is 0 Å². The zero-order valence-corrected chi connectivity index (χ0v) is 11.3. The van der Waals surface area contributed by atoms with Crippen molar-refractivity contribution in [3.05, 3.63) is 19.9 Å². The Bertz CT molecular complexity index is 309. The van der Waals surface area contributed by atoms with Crippen LogP contribution in [0.4, 0.5) is 0 Å². The molecule has 0 saturated heterocycles. The van der Waals surface area contributed by atoms with E-state index in [2.05, 4.69) is 50.3 Å². The summed E-state index contributed by atoms with van der Waals surface area (Å²) in [5.74, 6) is 0.844. The first-order valence-electron chi connectivity index (χ1n) is 4.39. The van der Waals surface area contributed by atoms with E-state index in [1.165, 1.54) is 7.76 Å². The van der Waals surface area contributed by atoms with Crippen LogP contribution in [0.1, 0.15) is 4.88 Å². The van der Waals surface area contributed by atoms with Crippen LogP contribution in [-0.2, 0) is 6.42 Å². The van der Waals surface area contributed by atoms with Gasteiger partial charge in [-0.25, -0.2) is 0 Å². The third-order valence-corrected chi connectivity index (χ3v) is 3.71. The molecule has 5 heteroatoms. The highest BCUT2D eigenvalue weighted by Gasteiger charge is 1.98. The first-order valence-corrected chi connectivity index (χ1v) is 6.28. The van der Waals surface area contributed by atoms with Crippen LogP contribution in [0.3, 0.4) is 0 Å². The molecule has 14 heavy (non-hydrogen) atoms. The summed E-state index contributed by atoms with van der Waals surface area (Å²) >= 11 is 4.18. The van der Waals surface area contributed by atoms with Crippen LogP contribution in [0, 0.1) is 2.88 Å². The van der Waals surface area contributed by atoms with Crippen molar-refractivity contribution in [2.45, 2.75) is 6.42 Å². The summed E-state index contributed by atoms with van der Waals surface area (Å²) < 4.78 is 1.34. The molecule has 0 saturated carbocycles. The smallest absolute Gasteiger partial charge is 0.190 e. The molecule has 0 aliphatic rings. The van der Waals surface area contributed by atoms with E-state index in [9.17, 15) is 0 Å².